The molecule has 0 atom stereocenters. The molecule has 0 saturated heterocycles. The average Bonchev–Trinajstić information content (AvgIpc) is 3.05. The van der Waals surface area contributed by atoms with Crippen LogP contribution in [0.1, 0.15) is 26.3 Å². The number of carbonyl (C=O) groups is 1. The molecule has 8 nitrogen and oxygen atoms in total. The summed E-state index contributed by atoms with van der Waals surface area (Å²) in [5.41, 5.74) is 2.28. The quantitative estimate of drug-likeness (QED) is 0.832. The SMILES string of the molecule is CC1=C(C(=O)C=Cc2ccc(N(C)C(C)C)nc2)Cn2nnnc2N1. The maximum atomic E-state index is 12.5. The van der Waals surface area contributed by atoms with Crippen molar-refractivity contribution in [1.29, 1.82) is 0 Å². The monoisotopic (exact) mass is 339 g/mol. The summed E-state index contributed by atoms with van der Waals surface area (Å²) in [4.78, 5) is 19.0. The van der Waals surface area contributed by atoms with Gasteiger partial charge in [0.25, 0.3) is 0 Å². The summed E-state index contributed by atoms with van der Waals surface area (Å²) >= 11 is 0. The summed E-state index contributed by atoms with van der Waals surface area (Å²) in [6.45, 7) is 6.43. The highest BCUT2D eigenvalue weighted by Crippen LogP contribution is 2.19. The summed E-state index contributed by atoms with van der Waals surface area (Å²) in [6.07, 6.45) is 5.08. The average molecular weight is 339 g/mol. The van der Waals surface area contributed by atoms with Crippen molar-refractivity contribution in [1.82, 2.24) is 25.2 Å². The van der Waals surface area contributed by atoms with Gasteiger partial charge in [0, 0.05) is 30.6 Å². The normalized spacial score (nSPS) is 14.0. The number of allylic oxidation sites excluding steroid dienone is 3. The smallest absolute Gasteiger partial charge is 0.247 e. The van der Waals surface area contributed by atoms with Crippen molar-refractivity contribution in [2.24, 2.45) is 0 Å². The second-order valence-corrected chi connectivity index (χ2v) is 6.24. The fraction of sp³-hybridized carbons (Fsp3) is 0.353. The number of ketones is 1. The molecular weight excluding hydrogens is 318 g/mol. The summed E-state index contributed by atoms with van der Waals surface area (Å²) in [6, 6.07) is 4.27. The van der Waals surface area contributed by atoms with Crippen molar-refractivity contribution in [2.45, 2.75) is 33.4 Å². The van der Waals surface area contributed by atoms with Crippen LogP contribution in [0.3, 0.4) is 0 Å². The molecule has 0 unspecified atom stereocenters. The Morgan fingerprint density at radius 3 is 2.88 bits per heavy atom. The molecule has 3 rings (SSSR count). The third-order valence-corrected chi connectivity index (χ3v) is 4.22. The topological polar surface area (TPSA) is 88.8 Å². The molecule has 0 spiro atoms. The van der Waals surface area contributed by atoms with Crippen LogP contribution in [0.4, 0.5) is 11.8 Å². The fourth-order valence-electron chi connectivity index (χ4n) is 2.42. The van der Waals surface area contributed by atoms with E-state index in [0.29, 0.717) is 24.1 Å². The zero-order valence-electron chi connectivity index (χ0n) is 14.8. The Hall–Kier alpha value is -3.03. The van der Waals surface area contributed by atoms with Gasteiger partial charge in [0.05, 0.1) is 6.54 Å². The van der Waals surface area contributed by atoms with Crippen LogP contribution in [-0.4, -0.2) is 44.1 Å². The van der Waals surface area contributed by atoms with E-state index in [1.807, 2.05) is 26.1 Å². The van der Waals surface area contributed by atoms with Crippen LogP contribution in [-0.2, 0) is 11.3 Å². The standard InChI is InChI=1S/C17H21N7O/c1-11(2)23(4)16-8-6-13(9-18-16)5-7-15(25)14-10-24-17(19-12(14)3)20-21-22-24/h5-9,11H,10H2,1-4H3,(H,19,20,22). The highest BCUT2D eigenvalue weighted by atomic mass is 16.1. The molecule has 2 aromatic heterocycles. The van der Waals surface area contributed by atoms with E-state index in [0.717, 1.165) is 17.1 Å². The molecule has 25 heavy (non-hydrogen) atoms. The predicted molar refractivity (Wildman–Crippen MR) is 96.0 cm³/mol. The van der Waals surface area contributed by atoms with E-state index in [9.17, 15) is 4.79 Å². The molecule has 1 N–H and O–H groups in total. The van der Waals surface area contributed by atoms with E-state index >= 15 is 0 Å². The van der Waals surface area contributed by atoms with Crippen molar-refractivity contribution < 1.29 is 4.79 Å². The number of pyridine rings is 1. The van der Waals surface area contributed by atoms with E-state index in [1.165, 1.54) is 0 Å². The van der Waals surface area contributed by atoms with E-state index in [2.05, 4.69) is 44.6 Å². The number of anilines is 2. The number of tetrazole rings is 1. The maximum absolute atomic E-state index is 12.5. The molecule has 0 bridgehead atoms. The van der Waals surface area contributed by atoms with Gasteiger partial charge in [-0.05, 0) is 61.0 Å². The highest BCUT2D eigenvalue weighted by molar-refractivity contribution is 6.07. The fourth-order valence-corrected chi connectivity index (χ4v) is 2.42. The number of hydrogen-bond donors (Lipinski definition) is 1. The van der Waals surface area contributed by atoms with Crippen molar-refractivity contribution in [3.63, 3.8) is 0 Å². The second-order valence-electron chi connectivity index (χ2n) is 6.24. The van der Waals surface area contributed by atoms with Gasteiger partial charge < -0.3 is 10.2 Å². The van der Waals surface area contributed by atoms with Crippen molar-refractivity contribution in [2.75, 3.05) is 17.3 Å². The Morgan fingerprint density at radius 2 is 2.20 bits per heavy atom. The first-order valence-electron chi connectivity index (χ1n) is 8.10. The highest BCUT2D eigenvalue weighted by Gasteiger charge is 2.20. The lowest BCUT2D eigenvalue weighted by Gasteiger charge is -2.22. The van der Waals surface area contributed by atoms with Gasteiger partial charge in [0.15, 0.2) is 5.78 Å². The molecule has 1 aliphatic heterocycles. The van der Waals surface area contributed by atoms with Crippen molar-refractivity contribution in [3.05, 3.63) is 41.2 Å². The minimum absolute atomic E-state index is 0.0745. The molecule has 8 heteroatoms. The van der Waals surface area contributed by atoms with Gasteiger partial charge in [-0.15, -0.1) is 0 Å². The van der Waals surface area contributed by atoms with Crippen molar-refractivity contribution in [3.8, 4) is 0 Å². The van der Waals surface area contributed by atoms with Crippen LogP contribution in [0.2, 0.25) is 0 Å². The first kappa shape index (κ1) is 16.8. The first-order valence-corrected chi connectivity index (χ1v) is 8.10. The van der Waals surface area contributed by atoms with Gasteiger partial charge >= 0.3 is 0 Å². The van der Waals surface area contributed by atoms with Gasteiger partial charge in [-0.25, -0.2) is 9.67 Å². The molecule has 0 fully saturated rings. The van der Waals surface area contributed by atoms with Gasteiger partial charge in [0.2, 0.25) is 5.95 Å². The minimum Gasteiger partial charge on any atom is -0.357 e. The van der Waals surface area contributed by atoms with Crippen LogP contribution in [0.5, 0.6) is 0 Å². The summed E-state index contributed by atoms with van der Waals surface area (Å²) in [5.74, 6) is 1.38. The molecule has 0 radical (unpaired) electrons. The predicted octanol–water partition coefficient (Wildman–Crippen LogP) is 1.89. The Morgan fingerprint density at radius 1 is 1.40 bits per heavy atom. The largest absolute Gasteiger partial charge is 0.357 e. The zero-order chi connectivity index (χ0) is 18.0. The summed E-state index contributed by atoms with van der Waals surface area (Å²) in [7, 11) is 2.00. The molecule has 0 aromatic carbocycles. The van der Waals surface area contributed by atoms with Gasteiger partial charge in [-0.1, -0.05) is 5.10 Å². The van der Waals surface area contributed by atoms with E-state index in [-0.39, 0.29) is 5.78 Å². The maximum Gasteiger partial charge on any atom is 0.247 e. The Balaban J connectivity index is 1.70. The lowest BCUT2D eigenvalue weighted by atomic mass is 10.1. The van der Waals surface area contributed by atoms with Crippen molar-refractivity contribution >= 4 is 23.6 Å². The van der Waals surface area contributed by atoms with E-state index < -0.39 is 0 Å². The third kappa shape index (κ3) is 3.57. The molecule has 0 saturated carbocycles. The number of carbonyl (C=O) groups excluding carboxylic acids is 1. The first-order chi connectivity index (χ1) is 12.0. The number of fused-ring (bicyclic) bond motifs is 1. The Bertz CT molecular complexity index is 833. The van der Waals surface area contributed by atoms with E-state index in [4.69, 9.17) is 0 Å². The second kappa shape index (κ2) is 6.84. The molecule has 1 aliphatic rings. The lowest BCUT2D eigenvalue weighted by Crippen LogP contribution is -2.26. The number of nitrogens with zero attached hydrogens (tertiary/aromatic N) is 6. The van der Waals surface area contributed by atoms with Crippen LogP contribution in [0.25, 0.3) is 6.08 Å². The summed E-state index contributed by atoms with van der Waals surface area (Å²) in [5, 5.41) is 14.3. The summed E-state index contributed by atoms with van der Waals surface area (Å²) < 4.78 is 1.56. The lowest BCUT2D eigenvalue weighted by molar-refractivity contribution is -0.111. The van der Waals surface area contributed by atoms with Gasteiger partial charge in [-0.3, -0.25) is 4.79 Å². The number of nitrogens with one attached hydrogen (secondary N) is 1. The molecule has 130 valence electrons. The number of aromatic nitrogens is 5. The molecule has 0 amide bonds. The molecule has 0 aliphatic carbocycles. The van der Waals surface area contributed by atoms with Crippen LogP contribution >= 0.6 is 0 Å². The molecule has 3 heterocycles. The van der Waals surface area contributed by atoms with Crippen LogP contribution < -0.4 is 10.2 Å². The minimum atomic E-state index is -0.0745. The van der Waals surface area contributed by atoms with Gasteiger partial charge in [0.1, 0.15) is 5.82 Å². The molecular formula is C17H21N7O. The Labute approximate surface area is 146 Å². The van der Waals surface area contributed by atoms with Crippen LogP contribution in [0.15, 0.2) is 35.7 Å². The molecule has 2 aromatic rings. The Kier molecular flexibility index (Phi) is 4.60. The van der Waals surface area contributed by atoms with E-state index in [1.54, 1.807) is 23.0 Å². The van der Waals surface area contributed by atoms with Gasteiger partial charge in [-0.2, -0.15) is 0 Å². The number of rotatable bonds is 5. The third-order valence-electron chi connectivity index (χ3n) is 4.22. The van der Waals surface area contributed by atoms with Crippen LogP contribution in [0, 0.1) is 0 Å². The zero-order valence-corrected chi connectivity index (χ0v) is 14.8. The number of hydrogen-bond acceptors (Lipinski definition) is 7.